The zero-order chi connectivity index (χ0) is 18.4. The van der Waals surface area contributed by atoms with Gasteiger partial charge in [-0.15, -0.1) is 0 Å². The molecule has 1 saturated heterocycles. The minimum absolute atomic E-state index is 0.00442. The number of hydrogen-bond donors (Lipinski definition) is 1. The van der Waals surface area contributed by atoms with Gasteiger partial charge in [0.15, 0.2) is 0 Å². The van der Waals surface area contributed by atoms with Crippen molar-refractivity contribution in [2.45, 2.75) is 31.4 Å². The lowest BCUT2D eigenvalue weighted by atomic mass is 10.0. The van der Waals surface area contributed by atoms with Crippen molar-refractivity contribution in [3.63, 3.8) is 0 Å². The highest BCUT2D eigenvalue weighted by molar-refractivity contribution is 5.76. The van der Waals surface area contributed by atoms with Crippen LogP contribution in [0, 0.1) is 0 Å². The Morgan fingerprint density at radius 3 is 2.42 bits per heavy atom. The Morgan fingerprint density at radius 2 is 1.81 bits per heavy atom. The first-order chi connectivity index (χ1) is 12.6. The van der Waals surface area contributed by atoms with Gasteiger partial charge >= 0.3 is 0 Å². The molecule has 1 fully saturated rings. The Hall–Kier alpha value is -2.17. The fourth-order valence-corrected chi connectivity index (χ4v) is 3.60. The summed E-state index contributed by atoms with van der Waals surface area (Å²) in [4.78, 5) is 17.0. The first kappa shape index (κ1) is 18.6. The third-order valence-corrected chi connectivity index (χ3v) is 5.19. The van der Waals surface area contributed by atoms with E-state index >= 15 is 0 Å². The van der Waals surface area contributed by atoms with Crippen LogP contribution in [0.2, 0.25) is 0 Å². The van der Waals surface area contributed by atoms with Crippen LogP contribution in [-0.4, -0.2) is 53.6 Å². The van der Waals surface area contributed by atoms with Crippen molar-refractivity contribution in [2.75, 3.05) is 26.7 Å². The molecule has 1 unspecified atom stereocenters. The molecule has 4 heteroatoms. The number of likely N-dealkylation sites (N-methyl/N-ethyl adjacent to an activating group) is 1. The molecule has 0 aliphatic carbocycles. The maximum Gasteiger partial charge on any atom is 0.223 e. The van der Waals surface area contributed by atoms with Gasteiger partial charge < -0.3 is 10.0 Å². The number of likely N-dealkylation sites (tertiary alicyclic amines) is 1. The molecule has 0 aromatic heterocycles. The standard InChI is InChI=1S/C22H28N2O2/c1-23(22(26)13-12-18-8-4-2-5-9-18)21(19-10-6-3-7-11-19)17-24-15-14-20(25)16-24/h2-11,20-21,25H,12-17H2,1H3/t20-,21?/m0/s1. The Kier molecular flexibility index (Phi) is 6.42. The van der Waals surface area contributed by atoms with Crippen LogP contribution in [0.1, 0.15) is 30.0 Å². The molecule has 26 heavy (non-hydrogen) atoms. The molecule has 1 heterocycles. The van der Waals surface area contributed by atoms with Crippen LogP contribution in [0.25, 0.3) is 0 Å². The predicted molar refractivity (Wildman–Crippen MR) is 104 cm³/mol. The molecule has 4 nitrogen and oxygen atoms in total. The van der Waals surface area contributed by atoms with Crippen LogP contribution in [0.5, 0.6) is 0 Å². The van der Waals surface area contributed by atoms with Crippen LogP contribution >= 0.6 is 0 Å². The van der Waals surface area contributed by atoms with Crippen LogP contribution in [0.4, 0.5) is 0 Å². The number of rotatable bonds is 7. The van der Waals surface area contributed by atoms with E-state index in [-0.39, 0.29) is 18.1 Å². The summed E-state index contributed by atoms with van der Waals surface area (Å²) in [5.41, 5.74) is 2.33. The summed E-state index contributed by atoms with van der Waals surface area (Å²) in [7, 11) is 1.90. The fraction of sp³-hybridized carbons (Fsp3) is 0.409. The third kappa shape index (κ3) is 4.93. The number of benzene rings is 2. The first-order valence-electron chi connectivity index (χ1n) is 9.38. The molecule has 2 aromatic carbocycles. The average Bonchev–Trinajstić information content (AvgIpc) is 3.10. The maximum atomic E-state index is 12.8. The van der Waals surface area contributed by atoms with E-state index in [1.165, 1.54) is 5.56 Å². The van der Waals surface area contributed by atoms with E-state index in [9.17, 15) is 9.90 Å². The van der Waals surface area contributed by atoms with Crippen molar-refractivity contribution in [1.82, 2.24) is 9.80 Å². The van der Waals surface area contributed by atoms with Crippen molar-refractivity contribution in [1.29, 1.82) is 0 Å². The second-order valence-electron chi connectivity index (χ2n) is 7.12. The number of β-amino-alcohol motifs (C(OH)–C–C–N with tert-alkyl or cyclic N) is 1. The number of amides is 1. The Labute approximate surface area is 156 Å². The highest BCUT2D eigenvalue weighted by atomic mass is 16.3. The lowest BCUT2D eigenvalue weighted by Crippen LogP contribution is -2.39. The molecule has 1 amide bonds. The smallest absolute Gasteiger partial charge is 0.223 e. The summed E-state index contributed by atoms with van der Waals surface area (Å²) in [6, 6.07) is 20.3. The summed E-state index contributed by atoms with van der Waals surface area (Å²) in [5, 5.41) is 9.82. The first-order valence-corrected chi connectivity index (χ1v) is 9.38. The molecule has 1 N–H and O–H groups in total. The van der Waals surface area contributed by atoms with E-state index in [2.05, 4.69) is 29.2 Å². The molecule has 0 spiro atoms. The second kappa shape index (κ2) is 8.97. The van der Waals surface area contributed by atoms with E-state index in [1.807, 2.05) is 48.3 Å². The predicted octanol–water partition coefficient (Wildman–Crippen LogP) is 2.89. The van der Waals surface area contributed by atoms with Crippen molar-refractivity contribution in [2.24, 2.45) is 0 Å². The normalized spacial score (nSPS) is 18.6. The Morgan fingerprint density at radius 1 is 1.15 bits per heavy atom. The highest BCUT2D eigenvalue weighted by Gasteiger charge is 2.27. The van der Waals surface area contributed by atoms with Crippen LogP contribution in [0.3, 0.4) is 0 Å². The number of carbonyl (C=O) groups is 1. The molecule has 0 bridgehead atoms. The van der Waals surface area contributed by atoms with Gasteiger partial charge in [0, 0.05) is 33.1 Å². The molecule has 0 saturated carbocycles. The Balaban J connectivity index is 1.67. The largest absolute Gasteiger partial charge is 0.392 e. The van der Waals surface area contributed by atoms with Crippen LogP contribution < -0.4 is 0 Å². The van der Waals surface area contributed by atoms with Gasteiger partial charge in [-0.2, -0.15) is 0 Å². The number of aryl methyl sites for hydroxylation is 1. The van der Waals surface area contributed by atoms with E-state index in [0.29, 0.717) is 13.0 Å². The average molecular weight is 352 g/mol. The van der Waals surface area contributed by atoms with E-state index in [1.54, 1.807) is 0 Å². The second-order valence-corrected chi connectivity index (χ2v) is 7.12. The molecular weight excluding hydrogens is 324 g/mol. The summed E-state index contributed by atoms with van der Waals surface area (Å²) in [6.07, 6.45) is 1.83. The SMILES string of the molecule is CN(C(=O)CCc1ccccc1)C(CN1CC[C@H](O)C1)c1ccccc1. The van der Waals surface area contributed by atoms with Gasteiger partial charge in [0.05, 0.1) is 12.1 Å². The lowest BCUT2D eigenvalue weighted by Gasteiger charge is -2.32. The van der Waals surface area contributed by atoms with E-state index < -0.39 is 0 Å². The quantitative estimate of drug-likeness (QED) is 0.833. The molecular formula is C22H28N2O2. The highest BCUT2D eigenvalue weighted by Crippen LogP contribution is 2.24. The molecule has 2 aromatic rings. The van der Waals surface area contributed by atoms with Gasteiger partial charge in [0.2, 0.25) is 5.91 Å². The number of aliphatic hydroxyl groups excluding tert-OH is 1. The van der Waals surface area contributed by atoms with Crippen molar-refractivity contribution in [3.05, 3.63) is 71.8 Å². The summed E-state index contributed by atoms with van der Waals surface area (Å²) in [6.45, 7) is 2.33. The van der Waals surface area contributed by atoms with Gasteiger partial charge in [-0.3, -0.25) is 9.69 Å². The van der Waals surface area contributed by atoms with Crippen molar-refractivity contribution < 1.29 is 9.90 Å². The topological polar surface area (TPSA) is 43.8 Å². The van der Waals surface area contributed by atoms with Gasteiger partial charge in [0.25, 0.3) is 0 Å². The minimum atomic E-state index is -0.245. The lowest BCUT2D eigenvalue weighted by molar-refractivity contribution is -0.132. The number of aliphatic hydroxyl groups is 1. The molecule has 3 rings (SSSR count). The van der Waals surface area contributed by atoms with Crippen molar-refractivity contribution in [3.8, 4) is 0 Å². The van der Waals surface area contributed by atoms with Crippen LogP contribution in [-0.2, 0) is 11.2 Å². The zero-order valence-electron chi connectivity index (χ0n) is 15.4. The molecule has 0 radical (unpaired) electrons. The number of nitrogens with zero attached hydrogens (tertiary/aromatic N) is 2. The minimum Gasteiger partial charge on any atom is -0.392 e. The monoisotopic (exact) mass is 352 g/mol. The summed E-state index contributed by atoms with van der Waals surface area (Å²) >= 11 is 0. The molecule has 1 aliphatic heterocycles. The molecule has 2 atom stereocenters. The van der Waals surface area contributed by atoms with Gasteiger partial charge in [0.1, 0.15) is 0 Å². The van der Waals surface area contributed by atoms with Crippen molar-refractivity contribution >= 4 is 5.91 Å². The zero-order valence-corrected chi connectivity index (χ0v) is 15.4. The summed E-state index contributed by atoms with van der Waals surface area (Å²) in [5.74, 6) is 0.155. The third-order valence-electron chi connectivity index (χ3n) is 5.19. The molecule has 138 valence electrons. The molecule has 1 aliphatic rings. The Bertz CT molecular complexity index is 690. The van der Waals surface area contributed by atoms with Gasteiger partial charge in [-0.1, -0.05) is 60.7 Å². The van der Waals surface area contributed by atoms with Gasteiger partial charge in [-0.05, 0) is 24.0 Å². The van der Waals surface area contributed by atoms with Crippen LogP contribution in [0.15, 0.2) is 60.7 Å². The number of hydrogen-bond acceptors (Lipinski definition) is 3. The maximum absolute atomic E-state index is 12.8. The van der Waals surface area contributed by atoms with E-state index in [0.717, 1.165) is 31.5 Å². The fourth-order valence-electron chi connectivity index (χ4n) is 3.60. The van der Waals surface area contributed by atoms with E-state index in [4.69, 9.17) is 0 Å². The van der Waals surface area contributed by atoms with Gasteiger partial charge in [-0.25, -0.2) is 0 Å². The number of carbonyl (C=O) groups excluding carboxylic acids is 1. The summed E-state index contributed by atoms with van der Waals surface area (Å²) < 4.78 is 0.